The number of rotatable bonds is 5. The Bertz CT molecular complexity index is 810. The topological polar surface area (TPSA) is 74.5 Å². The molecule has 1 unspecified atom stereocenters. The van der Waals surface area contributed by atoms with Crippen molar-refractivity contribution in [2.45, 2.75) is 38.3 Å². The number of hydrogen-bond donors (Lipinski definition) is 1. The fourth-order valence-corrected chi connectivity index (χ4v) is 3.58. The van der Waals surface area contributed by atoms with Crippen molar-refractivity contribution in [3.8, 4) is 11.1 Å². The zero-order valence-electron chi connectivity index (χ0n) is 16.0. The molecule has 1 saturated heterocycles. The van der Waals surface area contributed by atoms with Gasteiger partial charge in [-0.2, -0.15) is 0 Å². The second kappa shape index (κ2) is 7.31. The Morgan fingerprint density at radius 2 is 1.96 bits per heavy atom. The number of hydrogen-bond acceptors (Lipinski definition) is 5. The predicted molar refractivity (Wildman–Crippen MR) is 104 cm³/mol. The smallest absolute Gasteiger partial charge is 0.270 e. The predicted octanol–water partition coefficient (Wildman–Crippen LogP) is 2.02. The summed E-state index contributed by atoms with van der Waals surface area (Å²) in [5, 5.41) is 9.93. The lowest BCUT2D eigenvalue weighted by molar-refractivity contribution is 0.0464. The summed E-state index contributed by atoms with van der Waals surface area (Å²) < 4.78 is 2.08. The maximum atomic E-state index is 13.1. The van der Waals surface area contributed by atoms with Gasteiger partial charge in [-0.25, -0.2) is 9.97 Å². The van der Waals surface area contributed by atoms with Gasteiger partial charge in [0.25, 0.3) is 5.91 Å². The number of aliphatic hydroxyl groups excluding tert-OH is 1. The van der Waals surface area contributed by atoms with Crippen molar-refractivity contribution in [1.82, 2.24) is 19.4 Å². The molecular weight excluding hydrogens is 342 g/mol. The van der Waals surface area contributed by atoms with Gasteiger partial charge in [-0.15, -0.1) is 0 Å². The average molecular weight is 369 g/mol. The van der Waals surface area contributed by atoms with Crippen LogP contribution in [0.2, 0.25) is 0 Å². The maximum Gasteiger partial charge on any atom is 0.270 e. The van der Waals surface area contributed by atoms with Gasteiger partial charge in [0, 0.05) is 63.4 Å². The monoisotopic (exact) mass is 369 g/mol. The summed E-state index contributed by atoms with van der Waals surface area (Å²) in [5.41, 5.74) is 2.56. The second-order valence-corrected chi connectivity index (χ2v) is 7.92. The minimum absolute atomic E-state index is 0.00600. The molecule has 4 rings (SSSR count). The van der Waals surface area contributed by atoms with Crippen LogP contribution in [0.4, 0.5) is 5.95 Å². The lowest BCUT2D eigenvalue weighted by Gasteiger charge is -2.30. The van der Waals surface area contributed by atoms with Crippen LogP contribution >= 0.6 is 0 Å². The van der Waals surface area contributed by atoms with E-state index in [9.17, 15) is 9.90 Å². The van der Waals surface area contributed by atoms with Crippen molar-refractivity contribution < 1.29 is 9.90 Å². The number of anilines is 1. The zero-order chi connectivity index (χ0) is 19.0. The zero-order valence-corrected chi connectivity index (χ0v) is 16.0. The molecule has 7 heteroatoms. The normalized spacial score (nSPS) is 20.0. The van der Waals surface area contributed by atoms with E-state index in [0.717, 1.165) is 30.5 Å². The van der Waals surface area contributed by atoms with Crippen LogP contribution < -0.4 is 4.90 Å². The van der Waals surface area contributed by atoms with E-state index < -0.39 is 6.10 Å². The van der Waals surface area contributed by atoms with Gasteiger partial charge < -0.3 is 19.5 Å². The Labute approximate surface area is 159 Å². The number of amides is 1. The van der Waals surface area contributed by atoms with Gasteiger partial charge in [0.15, 0.2) is 0 Å². The van der Waals surface area contributed by atoms with E-state index in [4.69, 9.17) is 0 Å². The molecule has 1 aliphatic carbocycles. The van der Waals surface area contributed by atoms with Gasteiger partial charge in [0.05, 0.1) is 6.10 Å². The van der Waals surface area contributed by atoms with E-state index in [2.05, 4.69) is 14.5 Å². The third-order valence-corrected chi connectivity index (χ3v) is 5.32. The molecule has 7 nitrogen and oxygen atoms in total. The van der Waals surface area contributed by atoms with Crippen LogP contribution in [0.3, 0.4) is 0 Å². The van der Waals surface area contributed by atoms with E-state index >= 15 is 0 Å². The van der Waals surface area contributed by atoms with Crippen LogP contribution in [0.25, 0.3) is 11.1 Å². The third kappa shape index (κ3) is 3.98. The summed E-state index contributed by atoms with van der Waals surface area (Å²) in [6, 6.07) is 1.94. The minimum atomic E-state index is -0.416. The van der Waals surface area contributed by atoms with Gasteiger partial charge >= 0.3 is 0 Å². The molecule has 2 aromatic rings. The van der Waals surface area contributed by atoms with Gasteiger partial charge in [-0.3, -0.25) is 4.79 Å². The van der Waals surface area contributed by atoms with Crippen molar-refractivity contribution in [3.63, 3.8) is 0 Å². The van der Waals surface area contributed by atoms with Crippen LogP contribution in [0.15, 0.2) is 24.7 Å². The Morgan fingerprint density at radius 3 is 2.59 bits per heavy atom. The van der Waals surface area contributed by atoms with Gasteiger partial charge in [0.2, 0.25) is 5.95 Å². The molecule has 2 aromatic heterocycles. The standard InChI is InChI=1S/C20H27N5O2/c1-23(2)20-21-9-16(10-22-20)15-8-18(25(12-15)11-14-5-6-14)19(27)24-7-3-4-17(26)13-24/h8-10,12,14,17,26H,3-7,11,13H2,1-2H3. The Morgan fingerprint density at radius 1 is 1.22 bits per heavy atom. The molecule has 0 spiro atoms. The van der Waals surface area contributed by atoms with E-state index in [-0.39, 0.29) is 5.91 Å². The quantitative estimate of drug-likeness (QED) is 0.873. The molecule has 0 bridgehead atoms. The average Bonchev–Trinajstić information content (AvgIpc) is 3.38. The van der Waals surface area contributed by atoms with Crippen LogP contribution in [0, 0.1) is 5.92 Å². The highest BCUT2D eigenvalue weighted by molar-refractivity contribution is 5.94. The van der Waals surface area contributed by atoms with E-state index in [0.29, 0.717) is 30.6 Å². The van der Waals surface area contributed by atoms with Crippen LogP contribution in [0.5, 0.6) is 0 Å². The van der Waals surface area contributed by atoms with Crippen LogP contribution in [-0.4, -0.2) is 63.7 Å². The molecule has 1 atom stereocenters. The lowest BCUT2D eigenvalue weighted by atomic mass is 10.1. The molecule has 0 aromatic carbocycles. The summed E-state index contributed by atoms with van der Waals surface area (Å²) >= 11 is 0. The lowest BCUT2D eigenvalue weighted by Crippen LogP contribution is -2.42. The van der Waals surface area contributed by atoms with Crippen LogP contribution in [-0.2, 0) is 6.54 Å². The van der Waals surface area contributed by atoms with Crippen molar-refractivity contribution in [2.75, 3.05) is 32.1 Å². The SMILES string of the molecule is CN(C)c1ncc(-c2cc(C(=O)N3CCCC(O)C3)n(CC3CC3)c2)cn1. The summed E-state index contributed by atoms with van der Waals surface area (Å²) in [6.07, 6.45) is 9.31. The Kier molecular flexibility index (Phi) is 4.86. The fourth-order valence-electron chi connectivity index (χ4n) is 3.58. The molecule has 144 valence electrons. The summed E-state index contributed by atoms with van der Waals surface area (Å²) in [6.45, 7) is 2.00. The van der Waals surface area contributed by atoms with Crippen molar-refractivity contribution in [2.24, 2.45) is 5.92 Å². The first kappa shape index (κ1) is 18.0. The molecule has 0 radical (unpaired) electrons. The molecule has 1 aliphatic heterocycles. The number of likely N-dealkylation sites (tertiary alicyclic amines) is 1. The number of nitrogens with zero attached hydrogens (tertiary/aromatic N) is 5. The highest BCUT2D eigenvalue weighted by atomic mass is 16.3. The second-order valence-electron chi connectivity index (χ2n) is 7.92. The maximum absolute atomic E-state index is 13.1. The van der Waals surface area contributed by atoms with Gasteiger partial charge in [-0.1, -0.05) is 0 Å². The highest BCUT2D eigenvalue weighted by Crippen LogP contribution is 2.33. The number of aromatic nitrogens is 3. The number of β-amino-alcohol motifs (C(OH)–C–C–N with tert-alkyl or cyclic N) is 1. The van der Waals surface area contributed by atoms with E-state index in [1.807, 2.05) is 31.3 Å². The van der Waals surface area contributed by atoms with Crippen molar-refractivity contribution in [1.29, 1.82) is 0 Å². The van der Waals surface area contributed by atoms with Crippen LogP contribution in [0.1, 0.15) is 36.2 Å². The third-order valence-electron chi connectivity index (χ3n) is 5.32. The Hall–Kier alpha value is -2.41. The van der Waals surface area contributed by atoms with Crippen molar-refractivity contribution >= 4 is 11.9 Å². The summed E-state index contributed by atoms with van der Waals surface area (Å²) in [4.78, 5) is 25.5. The molecule has 2 fully saturated rings. The largest absolute Gasteiger partial charge is 0.391 e. The summed E-state index contributed by atoms with van der Waals surface area (Å²) in [7, 11) is 3.82. The number of carbonyl (C=O) groups excluding carboxylic acids is 1. The molecule has 1 N–H and O–H groups in total. The van der Waals surface area contributed by atoms with Crippen molar-refractivity contribution in [3.05, 3.63) is 30.4 Å². The fraction of sp³-hybridized carbons (Fsp3) is 0.550. The molecule has 1 saturated carbocycles. The first-order valence-corrected chi connectivity index (χ1v) is 9.68. The highest BCUT2D eigenvalue weighted by Gasteiger charge is 2.28. The number of aliphatic hydroxyl groups is 1. The van der Waals surface area contributed by atoms with E-state index in [1.165, 1.54) is 12.8 Å². The molecule has 1 amide bonds. The Balaban J connectivity index is 1.62. The van der Waals surface area contributed by atoms with Gasteiger partial charge in [-0.05, 0) is 37.7 Å². The number of carbonyl (C=O) groups is 1. The molecule has 3 heterocycles. The number of piperidine rings is 1. The molecular formula is C20H27N5O2. The first-order valence-electron chi connectivity index (χ1n) is 9.68. The van der Waals surface area contributed by atoms with E-state index in [1.54, 1.807) is 17.3 Å². The summed E-state index contributed by atoms with van der Waals surface area (Å²) in [5.74, 6) is 1.33. The van der Waals surface area contributed by atoms with Gasteiger partial charge in [0.1, 0.15) is 5.69 Å². The minimum Gasteiger partial charge on any atom is -0.391 e. The first-order chi connectivity index (χ1) is 13.0. The molecule has 2 aliphatic rings. The molecule has 27 heavy (non-hydrogen) atoms.